The van der Waals surface area contributed by atoms with Crippen LogP contribution in [0.4, 0.5) is 5.13 Å². The first kappa shape index (κ1) is 18.6. The van der Waals surface area contributed by atoms with Gasteiger partial charge in [-0.15, -0.1) is 5.10 Å². The molecule has 1 aromatic carbocycles. The van der Waals surface area contributed by atoms with Crippen LogP contribution in [0.15, 0.2) is 29.1 Å². The molecule has 10 heteroatoms. The van der Waals surface area contributed by atoms with Crippen LogP contribution < -0.4 is 16.2 Å². The number of nitrogens with zero attached hydrogens (tertiary/aromatic N) is 3. The van der Waals surface area contributed by atoms with Gasteiger partial charge in [0.25, 0.3) is 11.5 Å². The highest BCUT2D eigenvalue weighted by Gasteiger charge is 2.09. The summed E-state index contributed by atoms with van der Waals surface area (Å²) in [5, 5.41) is 11.3. The first-order chi connectivity index (χ1) is 12.5. The average molecular weight is 412 g/mol. The Balaban J connectivity index is 1.57. The number of hydrogen-bond acceptors (Lipinski definition) is 6. The van der Waals surface area contributed by atoms with Crippen molar-refractivity contribution in [1.82, 2.24) is 19.9 Å². The van der Waals surface area contributed by atoms with Crippen molar-refractivity contribution in [2.24, 2.45) is 0 Å². The number of fused-ring (bicyclic) bond motifs is 1. The summed E-state index contributed by atoms with van der Waals surface area (Å²) in [7, 11) is 0. The fourth-order valence-electron chi connectivity index (χ4n) is 2.19. The second-order valence-electron chi connectivity index (χ2n) is 5.35. The Labute approximate surface area is 163 Å². The molecule has 0 fully saturated rings. The molecule has 1 amide bonds. The second kappa shape index (κ2) is 8.03. The number of amides is 1. The number of anilines is 1. The van der Waals surface area contributed by atoms with E-state index in [-0.39, 0.29) is 11.5 Å². The van der Waals surface area contributed by atoms with Crippen molar-refractivity contribution in [3.8, 4) is 0 Å². The fourth-order valence-corrected chi connectivity index (χ4v) is 3.34. The van der Waals surface area contributed by atoms with Crippen molar-refractivity contribution < 1.29 is 4.79 Å². The van der Waals surface area contributed by atoms with E-state index in [4.69, 9.17) is 23.2 Å². The number of halogens is 2. The monoisotopic (exact) mass is 411 g/mol. The van der Waals surface area contributed by atoms with E-state index >= 15 is 0 Å². The Kier molecular flexibility index (Phi) is 5.75. The number of benzene rings is 1. The van der Waals surface area contributed by atoms with Crippen molar-refractivity contribution in [3.05, 3.63) is 55.9 Å². The molecule has 0 aliphatic carbocycles. The quantitative estimate of drug-likeness (QED) is 0.608. The van der Waals surface area contributed by atoms with Crippen molar-refractivity contribution in [2.75, 3.05) is 18.4 Å². The van der Waals surface area contributed by atoms with E-state index in [9.17, 15) is 9.59 Å². The molecule has 0 radical (unpaired) electrons. The normalized spacial score (nSPS) is 10.9. The molecule has 2 heterocycles. The summed E-state index contributed by atoms with van der Waals surface area (Å²) in [5.41, 5.74) is 0.963. The minimum Gasteiger partial charge on any atom is -0.358 e. The lowest BCUT2D eigenvalue weighted by Gasteiger charge is -2.06. The number of rotatable bonds is 6. The van der Waals surface area contributed by atoms with Crippen LogP contribution in [0.1, 0.15) is 23.0 Å². The van der Waals surface area contributed by atoms with E-state index < -0.39 is 0 Å². The standard InChI is InChI=1S/C16H15Cl2N5O2S/c1-2-10-8-13(24)23-16(21-10)26-15(22-23)20-6-5-19-14(25)9-3-4-11(17)12(18)7-9/h3-4,7-8H,2,5-6H2,1H3,(H,19,25)(H,20,22). The third-order valence-electron chi connectivity index (χ3n) is 3.53. The number of aryl methyl sites for hydroxylation is 1. The molecule has 0 atom stereocenters. The Hall–Kier alpha value is -2.16. The molecule has 2 N–H and O–H groups in total. The van der Waals surface area contributed by atoms with E-state index in [1.54, 1.807) is 12.1 Å². The second-order valence-corrected chi connectivity index (χ2v) is 7.12. The van der Waals surface area contributed by atoms with Crippen LogP contribution >= 0.6 is 34.5 Å². The molecule has 2 aromatic heterocycles. The summed E-state index contributed by atoms with van der Waals surface area (Å²) >= 11 is 13.0. The zero-order valence-electron chi connectivity index (χ0n) is 13.8. The molecule has 0 aliphatic heterocycles. The molecular formula is C16H15Cl2N5O2S. The van der Waals surface area contributed by atoms with E-state index in [1.165, 1.54) is 28.0 Å². The molecule has 3 rings (SSSR count). The Morgan fingerprint density at radius 3 is 2.77 bits per heavy atom. The van der Waals surface area contributed by atoms with Crippen molar-refractivity contribution >= 4 is 50.5 Å². The largest absolute Gasteiger partial charge is 0.358 e. The summed E-state index contributed by atoms with van der Waals surface area (Å²) in [5.74, 6) is -0.250. The molecule has 136 valence electrons. The van der Waals surface area contributed by atoms with Gasteiger partial charge in [0.2, 0.25) is 10.1 Å². The van der Waals surface area contributed by atoms with Gasteiger partial charge in [0.1, 0.15) is 0 Å². The van der Waals surface area contributed by atoms with Gasteiger partial charge in [-0.25, -0.2) is 4.98 Å². The number of nitrogens with one attached hydrogen (secondary N) is 2. The zero-order valence-corrected chi connectivity index (χ0v) is 16.1. The van der Waals surface area contributed by atoms with Gasteiger partial charge in [-0.05, 0) is 24.6 Å². The molecule has 7 nitrogen and oxygen atoms in total. The molecular weight excluding hydrogens is 397 g/mol. The smallest absolute Gasteiger partial charge is 0.275 e. The highest BCUT2D eigenvalue weighted by Crippen LogP contribution is 2.22. The summed E-state index contributed by atoms with van der Waals surface area (Å²) in [6.45, 7) is 2.76. The van der Waals surface area contributed by atoms with Gasteiger partial charge < -0.3 is 10.6 Å². The van der Waals surface area contributed by atoms with Gasteiger partial charge in [-0.2, -0.15) is 4.52 Å². The first-order valence-corrected chi connectivity index (χ1v) is 9.42. The molecule has 0 unspecified atom stereocenters. The lowest BCUT2D eigenvalue weighted by Crippen LogP contribution is -2.28. The molecule has 0 saturated heterocycles. The van der Waals surface area contributed by atoms with E-state index in [2.05, 4.69) is 20.7 Å². The maximum atomic E-state index is 12.1. The van der Waals surface area contributed by atoms with Crippen LogP contribution in [-0.4, -0.2) is 33.6 Å². The average Bonchev–Trinajstić information content (AvgIpc) is 3.04. The number of carbonyl (C=O) groups is 1. The summed E-state index contributed by atoms with van der Waals surface area (Å²) in [4.78, 5) is 28.9. The van der Waals surface area contributed by atoms with Gasteiger partial charge in [-0.3, -0.25) is 9.59 Å². The molecule has 0 saturated carbocycles. The van der Waals surface area contributed by atoms with Gasteiger partial charge in [0.15, 0.2) is 0 Å². The van der Waals surface area contributed by atoms with Crippen molar-refractivity contribution in [2.45, 2.75) is 13.3 Å². The summed E-state index contributed by atoms with van der Waals surface area (Å²) in [6.07, 6.45) is 0.688. The lowest BCUT2D eigenvalue weighted by molar-refractivity contribution is 0.0955. The molecule has 26 heavy (non-hydrogen) atoms. The SMILES string of the molecule is CCc1cc(=O)n2nc(NCCNC(=O)c3ccc(Cl)c(Cl)c3)sc2n1. The predicted molar refractivity (Wildman–Crippen MR) is 104 cm³/mol. The van der Waals surface area contributed by atoms with Crippen LogP contribution in [0, 0.1) is 0 Å². The maximum absolute atomic E-state index is 12.1. The Morgan fingerprint density at radius 1 is 1.23 bits per heavy atom. The van der Waals surface area contributed by atoms with Gasteiger partial charge in [-0.1, -0.05) is 41.5 Å². The van der Waals surface area contributed by atoms with Gasteiger partial charge in [0, 0.05) is 30.4 Å². The van der Waals surface area contributed by atoms with Crippen LogP contribution in [0.5, 0.6) is 0 Å². The number of aromatic nitrogens is 3. The van der Waals surface area contributed by atoms with Gasteiger partial charge in [0.05, 0.1) is 10.0 Å². The van der Waals surface area contributed by atoms with E-state index in [0.29, 0.717) is 45.2 Å². The van der Waals surface area contributed by atoms with Crippen LogP contribution in [0.25, 0.3) is 4.96 Å². The maximum Gasteiger partial charge on any atom is 0.275 e. The summed E-state index contributed by atoms with van der Waals surface area (Å²) in [6, 6.07) is 6.18. The third kappa shape index (κ3) is 4.14. The van der Waals surface area contributed by atoms with Crippen LogP contribution in [-0.2, 0) is 6.42 Å². The van der Waals surface area contributed by atoms with Gasteiger partial charge >= 0.3 is 0 Å². The highest BCUT2D eigenvalue weighted by atomic mass is 35.5. The Bertz CT molecular complexity index is 1020. The van der Waals surface area contributed by atoms with Crippen LogP contribution in [0.2, 0.25) is 10.0 Å². The topological polar surface area (TPSA) is 88.4 Å². The first-order valence-electron chi connectivity index (χ1n) is 7.85. The number of carbonyl (C=O) groups excluding carboxylic acids is 1. The molecule has 0 spiro atoms. The zero-order chi connectivity index (χ0) is 18.7. The molecule has 0 bridgehead atoms. The summed E-state index contributed by atoms with van der Waals surface area (Å²) < 4.78 is 1.26. The van der Waals surface area contributed by atoms with E-state index in [0.717, 1.165) is 5.69 Å². The van der Waals surface area contributed by atoms with Crippen molar-refractivity contribution in [1.29, 1.82) is 0 Å². The van der Waals surface area contributed by atoms with E-state index in [1.807, 2.05) is 6.92 Å². The van der Waals surface area contributed by atoms with Crippen LogP contribution in [0.3, 0.4) is 0 Å². The minimum atomic E-state index is -0.250. The fraction of sp³-hybridized carbons (Fsp3) is 0.250. The minimum absolute atomic E-state index is 0.205. The predicted octanol–water partition coefficient (Wildman–Crippen LogP) is 2.86. The third-order valence-corrected chi connectivity index (χ3v) is 5.13. The van der Waals surface area contributed by atoms with Crippen molar-refractivity contribution in [3.63, 3.8) is 0 Å². The molecule has 0 aliphatic rings. The number of hydrogen-bond donors (Lipinski definition) is 2. The lowest BCUT2D eigenvalue weighted by atomic mass is 10.2. The highest BCUT2D eigenvalue weighted by molar-refractivity contribution is 7.20. The Morgan fingerprint density at radius 2 is 2.04 bits per heavy atom. The molecule has 3 aromatic rings.